The van der Waals surface area contributed by atoms with Gasteiger partial charge >= 0.3 is 0 Å². The Morgan fingerprint density at radius 2 is 2.04 bits per heavy atom. The summed E-state index contributed by atoms with van der Waals surface area (Å²) in [6.45, 7) is 7.53. The van der Waals surface area contributed by atoms with E-state index in [9.17, 15) is 14.4 Å². The summed E-state index contributed by atoms with van der Waals surface area (Å²) >= 11 is 0. The highest BCUT2D eigenvalue weighted by Crippen LogP contribution is 2.14. The molecular formula is C18H26N2O5. The number of carbonyl (C=O) groups excluding carboxylic acids is 3. The van der Waals surface area contributed by atoms with Crippen LogP contribution in [0.1, 0.15) is 49.7 Å². The minimum absolute atomic E-state index is 0.00332. The molecule has 7 nitrogen and oxygen atoms in total. The van der Waals surface area contributed by atoms with E-state index in [0.717, 1.165) is 6.42 Å². The van der Waals surface area contributed by atoms with E-state index in [-0.39, 0.29) is 30.3 Å². The Labute approximate surface area is 147 Å². The first-order valence-electron chi connectivity index (χ1n) is 8.59. The molecule has 2 heterocycles. The quantitative estimate of drug-likeness (QED) is 0.778. The van der Waals surface area contributed by atoms with Crippen molar-refractivity contribution in [2.75, 3.05) is 6.61 Å². The van der Waals surface area contributed by atoms with Crippen molar-refractivity contribution in [2.24, 2.45) is 5.92 Å². The van der Waals surface area contributed by atoms with E-state index < -0.39 is 12.1 Å². The minimum atomic E-state index is -0.718. The summed E-state index contributed by atoms with van der Waals surface area (Å²) in [7, 11) is 0. The Balaban J connectivity index is 2.06. The maximum atomic E-state index is 12.6. The fraction of sp³-hybridized carbons (Fsp3) is 0.611. The Hall–Kier alpha value is -2.15. The van der Waals surface area contributed by atoms with Gasteiger partial charge in [0.25, 0.3) is 5.91 Å². The molecular weight excluding hydrogens is 324 g/mol. The second kappa shape index (κ2) is 8.29. The van der Waals surface area contributed by atoms with E-state index in [0.29, 0.717) is 23.7 Å². The summed E-state index contributed by atoms with van der Waals surface area (Å²) < 4.78 is 10.4. The molecule has 0 saturated carbocycles. The lowest BCUT2D eigenvalue weighted by Crippen LogP contribution is -2.53. The van der Waals surface area contributed by atoms with Gasteiger partial charge in [-0.25, -0.2) is 0 Å². The fourth-order valence-electron chi connectivity index (χ4n) is 2.74. The van der Waals surface area contributed by atoms with E-state index in [1.807, 2.05) is 13.8 Å². The van der Waals surface area contributed by atoms with Gasteiger partial charge in [0.15, 0.2) is 5.78 Å². The molecule has 1 fully saturated rings. The normalized spacial score (nSPS) is 21.4. The Morgan fingerprint density at radius 3 is 2.56 bits per heavy atom. The van der Waals surface area contributed by atoms with Gasteiger partial charge in [0.2, 0.25) is 5.91 Å². The molecule has 0 radical (unpaired) electrons. The fourth-order valence-corrected chi connectivity index (χ4v) is 2.74. The highest BCUT2D eigenvalue weighted by atomic mass is 16.5. The number of amides is 2. The van der Waals surface area contributed by atoms with Crippen LogP contribution >= 0.6 is 0 Å². The number of hydrogen-bond acceptors (Lipinski definition) is 5. The molecule has 1 aliphatic rings. The zero-order valence-corrected chi connectivity index (χ0v) is 15.1. The Morgan fingerprint density at radius 1 is 1.32 bits per heavy atom. The number of aryl methyl sites for hydroxylation is 1. The van der Waals surface area contributed by atoms with Crippen LogP contribution in [0, 0.1) is 12.8 Å². The molecule has 1 aliphatic heterocycles. The van der Waals surface area contributed by atoms with E-state index in [1.54, 1.807) is 19.9 Å². The maximum Gasteiger partial charge on any atom is 0.255 e. The van der Waals surface area contributed by atoms with E-state index in [4.69, 9.17) is 9.15 Å². The molecule has 0 bridgehead atoms. The number of Topliss-reactive ketones (excluding diaryl/α,β-unsaturated/α-hetero) is 1. The van der Waals surface area contributed by atoms with E-state index in [2.05, 4.69) is 10.6 Å². The summed E-state index contributed by atoms with van der Waals surface area (Å²) in [6, 6.07) is 0.185. The first-order valence-corrected chi connectivity index (χ1v) is 8.59. The van der Waals surface area contributed by atoms with Gasteiger partial charge < -0.3 is 19.8 Å². The number of hydrogen-bond donors (Lipinski definition) is 2. The van der Waals surface area contributed by atoms with Gasteiger partial charge in [-0.2, -0.15) is 0 Å². The second-order valence-electron chi connectivity index (χ2n) is 6.86. The van der Waals surface area contributed by atoms with Gasteiger partial charge in [0, 0.05) is 0 Å². The number of nitrogens with one attached hydrogen (secondary N) is 2. The molecule has 1 saturated heterocycles. The van der Waals surface area contributed by atoms with Gasteiger partial charge in [-0.1, -0.05) is 13.8 Å². The third-order valence-electron chi connectivity index (χ3n) is 4.36. The maximum absolute atomic E-state index is 12.6. The van der Waals surface area contributed by atoms with Crippen molar-refractivity contribution < 1.29 is 23.5 Å². The zero-order chi connectivity index (χ0) is 18.6. The number of rotatable bonds is 7. The van der Waals surface area contributed by atoms with Crippen LogP contribution in [0.15, 0.2) is 16.7 Å². The third-order valence-corrected chi connectivity index (χ3v) is 4.36. The van der Waals surface area contributed by atoms with Crippen molar-refractivity contribution >= 4 is 17.6 Å². The molecule has 7 heteroatoms. The largest absolute Gasteiger partial charge is 0.469 e. The van der Waals surface area contributed by atoms with Crippen molar-refractivity contribution in [1.29, 1.82) is 0 Å². The summed E-state index contributed by atoms with van der Waals surface area (Å²) in [5.41, 5.74) is 0.399. The van der Waals surface area contributed by atoms with Crippen LogP contribution in [-0.2, 0) is 14.3 Å². The van der Waals surface area contributed by atoms with Crippen molar-refractivity contribution in [3.8, 4) is 0 Å². The molecule has 0 aromatic carbocycles. The molecule has 2 amide bonds. The molecule has 0 aliphatic carbocycles. The minimum Gasteiger partial charge on any atom is -0.469 e. The van der Waals surface area contributed by atoms with Crippen molar-refractivity contribution in [3.05, 3.63) is 23.7 Å². The van der Waals surface area contributed by atoms with Crippen LogP contribution in [0.3, 0.4) is 0 Å². The van der Waals surface area contributed by atoms with Gasteiger partial charge in [0.05, 0.1) is 17.9 Å². The van der Waals surface area contributed by atoms with Gasteiger partial charge in [-0.15, -0.1) is 0 Å². The standard InChI is InChI=1S/C18H26N2O5/c1-10(2)5-6-14(19-17(22)13-7-8-24-11(13)3)18(23)20-16-12(4)25-9-15(16)21/h7-8,10,12,14,16H,5-6,9H2,1-4H3,(H,19,22)(H,20,23)/t12-,14-,16-/m0/s1. The van der Waals surface area contributed by atoms with Gasteiger partial charge in [-0.3, -0.25) is 14.4 Å². The van der Waals surface area contributed by atoms with Crippen LogP contribution in [-0.4, -0.2) is 42.4 Å². The molecule has 1 aromatic heterocycles. The number of furan rings is 1. The Kier molecular flexibility index (Phi) is 6.36. The number of ketones is 1. The van der Waals surface area contributed by atoms with Crippen LogP contribution in [0.5, 0.6) is 0 Å². The highest BCUT2D eigenvalue weighted by Gasteiger charge is 2.35. The van der Waals surface area contributed by atoms with Crippen LogP contribution in [0.2, 0.25) is 0 Å². The highest BCUT2D eigenvalue weighted by molar-refractivity contribution is 5.99. The van der Waals surface area contributed by atoms with Crippen LogP contribution in [0.25, 0.3) is 0 Å². The summed E-state index contributed by atoms with van der Waals surface area (Å²) in [5, 5.41) is 5.47. The zero-order valence-electron chi connectivity index (χ0n) is 15.1. The molecule has 0 unspecified atom stereocenters. The molecule has 2 rings (SSSR count). The summed E-state index contributed by atoms with van der Waals surface area (Å²) in [5.74, 6) is -0.00439. The van der Waals surface area contributed by atoms with E-state index in [1.165, 1.54) is 6.26 Å². The topological polar surface area (TPSA) is 97.6 Å². The van der Waals surface area contributed by atoms with E-state index >= 15 is 0 Å². The molecule has 25 heavy (non-hydrogen) atoms. The SMILES string of the molecule is Cc1occc1C(=O)N[C@@H](CCC(C)C)C(=O)N[C@@H]1C(=O)CO[C@H]1C. The lowest BCUT2D eigenvalue weighted by Gasteiger charge is -2.22. The lowest BCUT2D eigenvalue weighted by atomic mass is 10.0. The molecule has 3 atom stereocenters. The third kappa shape index (κ3) is 4.92. The molecule has 138 valence electrons. The van der Waals surface area contributed by atoms with Crippen molar-refractivity contribution in [1.82, 2.24) is 10.6 Å². The average molecular weight is 350 g/mol. The monoisotopic (exact) mass is 350 g/mol. The lowest BCUT2D eigenvalue weighted by molar-refractivity contribution is -0.127. The predicted molar refractivity (Wildman–Crippen MR) is 91.1 cm³/mol. The summed E-state index contributed by atoms with van der Waals surface area (Å²) in [4.78, 5) is 36.9. The van der Waals surface area contributed by atoms with Crippen molar-refractivity contribution in [3.63, 3.8) is 0 Å². The van der Waals surface area contributed by atoms with Gasteiger partial charge in [-0.05, 0) is 38.7 Å². The van der Waals surface area contributed by atoms with Crippen LogP contribution in [0.4, 0.5) is 0 Å². The number of carbonyl (C=O) groups is 3. The first-order chi connectivity index (χ1) is 11.8. The molecule has 2 N–H and O–H groups in total. The number of ether oxygens (including phenoxy) is 1. The Bertz CT molecular complexity index is 637. The van der Waals surface area contributed by atoms with Crippen LogP contribution < -0.4 is 10.6 Å². The summed E-state index contributed by atoms with van der Waals surface area (Å²) in [6.07, 6.45) is 2.33. The van der Waals surface area contributed by atoms with Crippen molar-refractivity contribution in [2.45, 2.75) is 58.7 Å². The molecule has 1 aromatic rings. The molecule has 0 spiro atoms. The predicted octanol–water partition coefficient (Wildman–Crippen LogP) is 1.60. The average Bonchev–Trinajstić information content (AvgIpc) is 3.11. The second-order valence-corrected chi connectivity index (χ2v) is 6.86. The first kappa shape index (κ1) is 19.2. The smallest absolute Gasteiger partial charge is 0.255 e. The van der Waals surface area contributed by atoms with Gasteiger partial charge in [0.1, 0.15) is 24.5 Å².